The zero-order valence-electron chi connectivity index (χ0n) is 6.64. The fraction of sp³-hybridized carbons (Fsp3) is 0.125. The number of nitrogens with zero attached hydrogens (tertiary/aromatic N) is 3. The molecule has 2 rings (SSSR count). The molecular weight excluding hydrogens is 206 g/mol. The van der Waals surface area contributed by atoms with Gasteiger partial charge in [0.15, 0.2) is 5.82 Å². The Bertz CT molecular complexity index is 371. The zero-order valence-corrected chi connectivity index (χ0v) is 8.22. The Labute approximate surface area is 84.5 Å². The Balaban J connectivity index is 2.33. The maximum atomic E-state index is 5.61. The van der Waals surface area contributed by atoms with Crippen LogP contribution in [0, 0.1) is 0 Å². The number of rotatable bonds is 2. The van der Waals surface area contributed by atoms with Crippen LogP contribution in [0.4, 0.5) is 0 Å². The fourth-order valence-electron chi connectivity index (χ4n) is 0.879. The number of halogens is 1. The highest BCUT2D eigenvalue weighted by Crippen LogP contribution is 2.13. The standard InChI is InChI=1S/C8H6ClN3S/c9-1-6-2-10-8(11-3-6)7-4-13-5-12-7/h2-5H,1H2. The Morgan fingerprint density at radius 1 is 1.23 bits per heavy atom. The summed E-state index contributed by atoms with van der Waals surface area (Å²) in [4.78, 5) is 12.4. The molecule has 0 saturated carbocycles. The van der Waals surface area contributed by atoms with E-state index in [4.69, 9.17) is 11.6 Å². The summed E-state index contributed by atoms with van der Waals surface area (Å²) in [6.45, 7) is 0. The van der Waals surface area contributed by atoms with Crippen LogP contribution in [0.2, 0.25) is 0 Å². The van der Waals surface area contributed by atoms with Crippen molar-refractivity contribution in [2.24, 2.45) is 0 Å². The summed E-state index contributed by atoms with van der Waals surface area (Å²) in [5, 5.41) is 1.91. The maximum Gasteiger partial charge on any atom is 0.178 e. The Morgan fingerprint density at radius 2 is 2.00 bits per heavy atom. The third kappa shape index (κ3) is 1.84. The van der Waals surface area contributed by atoms with Crippen LogP contribution in [0.15, 0.2) is 23.3 Å². The van der Waals surface area contributed by atoms with Crippen LogP contribution in [-0.2, 0) is 5.88 Å². The van der Waals surface area contributed by atoms with Gasteiger partial charge in [0.05, 0.1) is 11.4 Å². The summed E-state index contributed by atoms with van der Waals surface area (Å²) in [5.41, 5.74) is 3.49. The Hall–Kier alpha value is -1.00. The average molecular weight is 212 g/mol. The van der Waals surface area contributed by atoms with Gasteiger partial charge < -0.3 is 0 Å². The number of thiazole rings is 1. The lowest BCUT2D eigenvalue weighted by molar-refractivity contribution is 1.11. The molecule has 0 unspecified atom stereocenters. The first-order valence-corrected chi connectivity index (χ1v) is 5.13. The van der Waals surface area contributed by atoms with Crippen molar-refractivity contribution in [3.63, 3.8) is 0 Å². The van der Waals surface area contributed by atoms with Gasteiger partial charge in [0.1, 0.15) is 5.69 Å². The van der Waals surface area contributed by atoms with Gasteiger partial charge >= 0.3 is 0 Å². The highest BCUT2D eigenvalue weighted by molar-refractivity contribution is 7.07. The smallest absolute Gasteiger partial charge is 0.178 e. The van der Waals surface area contributed by atoms with Gasteiger partial charge in [0.2, 0.25) is 0 Å². The van der Waals surface area contributed by atoms with Gasteiger partial charge in [-0.05, 0) is 0 Å². The molecule has 2 heterocycles. The van der Waals surface area contributed by atoms with Crippen molar-refractivity contribution in [1.29, 1.82) is 0 Å². The number of alkyl halides is 1. The molecule has 0 saturated heterocycles. The first-order valence-electron chi connectivity index (χ1n) is 3.65. The third-order valence-electron chi connectivity index (χ3n) is 1.52. The molecule has 0 N–H and O–H groups in total. The van der Waals surface area contributed by atoms with Gasteiger partial charge in [-0.25, -0.2) is 15.0 Å². The molecule has 66 valence electrons. The third-order valence-corrected chi connectivity index (χ3v) is 2.42. The van der Waals surface area contributed by atoms with Crippen LogP contribution in [-0.4, -0.2) is 15.0 Å². The van der Waals surface area contributed by atoms with Crippen LogP contribution in [0.5, 0.6) is 0 Å². The van der Waals surface area contributed by atoms with Crippen molar-refractivity contribution in [1.82, 2.24) is 15.0 Å². The van der Waals surface area contributed by atoms with Crippen molar-refractivity contribution in [2.75, 3.05) is 0 Å². The second kappa shape index (κ2) is 3.81. The van der Waals surface area contributed by atoms with E-state index >= 15 is 0 Å². The molecule has 0 aliphatic carbocycles. The lowest BCUT2D eigenvalue weighted by Crippen LogP contribution is -1.90. The predicted molar refractivity (Wildman–Crippen MR) is 52.7 cm³/mol. The minimum absolute atomic E-state index is 0.442. The predicted octanol–water partition coefficient (Wildman–Crippen LogP) is 2.34. The van der Waals surface area contributed by atoms with E-state index in [0.717, 1.165) is 11.3 Å². The number of aromatic nitrogens is 3. The van der Waals surface area contributed by atoms with Crippen LogP contribution in [0.1, 0.15) is 5.56 Å². The van der Waals surface area contributed by atoms with Gasteiger partial charge in [0, 0.05) is 23.3 Å². The molecule has 0 radical (unpaired) electrons. The van der Waals surface area contributed by atoms with E-state index in [9.17, 15) is 0 Å². The molecule has 0 bridgehead atoms. The zero-order chi connectivity index (χ0) is 9.10. The second-order valence-electron chi connectivity index (χ2n) is 2.42. The number of hydrogen-bond donors (Lipinski definition) is 0. The fourth-order valence-corrected chi connectivity index (χ4v) is 1.55. The van der Waals surface area contributed by atoms with Gasteiger partial charge in [-0.1, -0.05) is 0 Å². The monoisotopic (exact) mass is 211 g/mol. The van der Waals surface area contributed by atoms with E-state index in [1.807, 2.05) is 5.38 Å². The minimum atomic E-state index is 0.442. The average Bonchev–Trinajstić information content (AvgIpc) is 2.71. The number of hydrogen-bond acceptors (Lipinski definition) is 4. The molecule has 0 atom stereocenters. The first kappa shape index (κ1) is 8.59. The topological polar surface area (TPSA) is 38.7 Å². The van der Waals surface area contributed by atoms with E-state index in [2.05, 4.69) is 15.0 Å². The van der Waals surface area contributed by atoms with Crippen LogP contribution in [0.3, 0.4) is 0 Å². The van der Waals surface area contributed by atoms with Crippen molar-refractivity contribution >= 4 is 22.9 Å². The Morgan fingerprint density at radius 3 is 2.54 bits per heavy atom. The van der Waals surface area contributed by atoms with Crippen LogP contribution in [0.25, 0.3) is 11.5 Å². The van der Waals surface area contributed by atoms with Crippen LogP contribution < -0.4 is 0 Å². The highest BCUT2D eigenvalue weighted by atomic mass is 35.5. The van der Waals surface area contributed by atoms with E-state index in [0.29, 0.717) is 11.7 Å². The van der Waals surface area contributed by atoms with Gasteiger partial charge in [-0.15, -0.1) is 22.9 Å². The highest BCUT2D eigenvalue weighted by Gasteiger charge is 2.01. The lowest BCUT2D eigenvalue weighted by Gasteiger charge is -1.95. The molecule has 2 aromatic rings. The molecular formula is C8H6ClN3S. The van der Waals surface area contributed by atoms with Crippen molar-refractivity contribution in [2.45, 2.75) is 5.88 Å². The molecule has 5 heteroatoms. The van der Waals surface area contributed by atoms with Crippen molar-refractivity contribution in [3.05, 3.63) is 28.8 Å². The normalized spacial score (nSPS) is 10.2. The summed E-state index contributed by atoms with van der Waals surface area (Å²) in [6, 6.07) is 0. The molecule has 2 aromatic heterocycles. The van der Waals surface area contributed by atoms with Crippen molar-refractivity contribution < 1.29 is 0 Å². The lowest BCUT2D eigenvalue weighted by atomic mass is 10.4. The molecule has 0 fully saturated rings. The molecule has 3 nitrogen and oxygen atoms in total. The van der Waals surface area contributed by atoms with Crippen LogP contribution >= 0.6 is 22.9 Å². The summed E-state index contributed by atoms with van der Waals surface area (Å²) in [7, 11) is 0. The van der Waals surface area contributed by atoms with E-state index in [1.54, 1.807) is 17.9 Å². The molecule has 0 aliphatic heterocycles. The minimum Gasteiger partial charge on any atom is -0.241 e. The molecule has 0 aromatic carbocycles. The summed E-state index contributed by atoms with van der Waals surface area (Å²) >= 11 is 7.14. The van der Waals surface area contributed by atoms with Crippen molar-refractivity contribution in [3.8, 4) is 11.5 Å². The maximum absolute atomic E-state index is 5.61. The quantitative estimate of drug-likeness (QED) is 0.716. The SMILES string of the molecule is ClCc1cnc(-c2cscn2)nc1. The van der Waals surface area contributed by atoms with E-state index < -0.39 is 0 Å². The second-order valence-corrected chi connectivity index (χ2v) is 3.41. The largest absolute Gasteiger partial charge is 0.241 e. The molecule has 0 spiro atoms. The summed E-state index contributed by atoms with van der Waals surface area (Å²) < 4.78 is 0. The van der Waals surface area contributed by atoms with E-state index in [-0.39, 0.29) is 0 Å². The molecule has 0 aliphatic rings. The Kier molecular flexibility index (Phi) is 2.52. The van der Waals surface area contributed by atoms with Gasteiger partial charge in [0.25, 0.3) is 0 Å². The van der Waals surface area contributed by atoms with Gasteiger partial charge in [-0.3, -0.25) is 0 Å². The summed E-state index contributed by atoms with van der Waals surface area (Å²) in [5.74, 6) is 1.09. The summed E-state index contributed by atoms with van der Waals surface area (Å²) in [6.07, 6.45) is 3.43. The van der Waals surface area contributed by atoms with Gasteiger partial charge in [-0.2, -0.15) is 0 Å². The first-order chi connectivity index (χ1) is 6.40. The molecule has 0 amide bonds. The molecule has 13 heavy (non-hydrogen) atoms. The van der Waals surface area contributed by atoms with E-state index in [1.165, 1.54) is 11.3 Å².